The van der Waals surface area contributed by atoms with E-state index in [1.165, 1.54) is 25.3 Å². The summed E-state index contributed by atoms with van der Waals surface area (Å²) in [6, 6.07) is 3.01. The summed E-state index contributed by atoms with van der Waals surface area (Å²) in [5.41, 5.74) is 10.2. The second-order valence-electron chi connectivity index (χ2n) is 4.01. The molecular weight excluding hydrogens is 273 g/mol. The van der Waals surface area contributed by atoms with Crippen LogP contribution < -0.4 is 11.2 Å². The molecule has 1 aromatic rings. The Morgan fingerprint density at radius 3 is 2.62 bits per heavy atom. The van der Waals surface area contributed by atoms with Gasteiger partial charge in [-0.2, -0.15) is 0 Å². The Labute approximate surface area is 103 Å². The number of piperidine rings is 1. The molecule has 1 aromatic carbocycles. The molecule has 16 heavy (non-hydrogen) atoms. The highest BCUT2D eigenvalue weighted by molar-refractivity contribution is 9.10. The van der Waals surface area contributed by atoms with Crippen LogP contribution in [0.1, 0.15) is 19.3 Å². The van der Waals surface area contributed by atoms with Crippen molar-refractivity contribution in [2.24, 2.45) is 0 Å². The molecule has 1 aliphatic rings. The Kier molecular flexibility index (Phi) is 3.66. The summed E-state index contributed by atoms with van der Waals surface area (Å²) in [5, 5.41) is 2.12. The molecule has 0 amide bonds. The number of nitrogens with two attached hydrogens (primary N) is 1. The number of halogens is 2. The predicted octanol–water partition coefficient (Wildman–Crippen LogP) is 2.98. The molecule has 0 unspecified atom stereocenters. The minimum Gasteiger partial charge on any atom is -0.397 e. The number of hydrazine groups is 1. The van der Waals surface area contributed by atoms with E-state index < -0.39 is 0 Å². The van der Waals surface area contributed by atoms with Gasteiger partial charge >= 0.3 is 0 Å². The number of nitrogens with zero attached hydrogens (tertiary/aromatic N) is 1. The lowest BCUT2D eigenvalue weighted by molar-refractivity contribution is 0.273. The minimum absolute atomic E-state index is 0.332. The molecule has 2 rings (SSSR count). The molecule has 3 nitrogen and oxygen atoms in total. The average Bonchev–Trinajstić information content (AvgIpc) is 2.27. The Morgan fingerprint density at radius 1 is 1.25 bits per heavy atom. The van der Waals surface area contributed by atoms with E-state index >= 15 is 0 Å². The van der Waals surface area contributed by atoms with Crippen LogP contribution in [0.4, 0.5) is 15.8 Å². The van der Waals surface area contributed by atoms with Gasteiger partial charge in [-0.15, -0.1) is 0 Å². The SMILES string of the molecule is Nc1cc(F)c(Br)cc1NN1CCCCC1. The van der Waals surface area contributed by atoms with Crippen molar-refractivity contribution in [1.29, 1.82) is 0 Å². The van der Waals surface area contributed by atoms with Crippen molar-refractivity contribution in [3.8, 4) is 0 Å². The molecule has 0 bridgehead atoms. The molecule has 1 heterocycles. The van der Waals surface area contributed by atoms with Crippen molar-refractivity contribution in [3.05, 3.63) is 22.4 Å². The molecule has 1 fully saturated rings. The third-order valence-corrected chi connectivity index (χ3v) is 3.33. The largest absolute Gasteiger partial charge is 0.397 e. The monoisotopic (exact) mass is 287 g/mol. The van der Waals surface area contributed by atoms with Crippen LogP contribution in [0, 0.1) is 5.82 Å². The second-order valence-corrected chi connectivity index (χ2v) is 4.87. The Morgan fingerprint density at radius 2 is 1.94 bits per heavy atom. The third kappa shape index (κ3) is 2.65. The first-order chi connectivity index (χ1) is 7.66. The molecule has 1 aliphatic heterocycles. The predicted molar refractivity (Wildman–Crippen MR) is 67.6 cm³/mol. The maximum absolute atomic E-state index is 13.2. The van der Waals surface area contributed by atoms with Gasteiger partial charge in [-0.05, 0) is 34.8 Å². The number of hydrogen-bond donors (Lipinski definition) is 2. The molecular formula is C11H15BrFN3. The Hall–Kier alpha value is -0.810. The molecule has 0 radical (unpaired) electrons. The smallest absolute Gasteiger partial charge is 0.139 e. The fraction of sp³-hybridized carbons (Fsp3) is 0.455. The number of rotatable bonds is 2. The maximum Gasteiger partial charge on any atom is 0.139 e. The molecule has 0 aromatic heterocycles. The highest BCUT2D eigenvalue weighted by Gasteiger charge is 2.12. The van der Waals surface area contributed by atoms with Crippen LogP contribution >= 0.6 is 15.9 Å². The van der Waals surface area contributed by atoms with Crippen LogP contribution in [0.25, 0.3) is 0 Å². The van der Waals surface area contributed by atoms with Crippen molar-refractivity contribution in [2.45, 2.75) is 19.3 Å². The van der Waals surface area contributed by atoms with Gasteiger partial charge in [0.2, 0.25) is 0 Å². The van der Waals surface area contributed by atoms with Crippen molar-refractivity contribution in [2.75, 3.05) is 24.2 Å². The van der Waals surface area contributed by atoms with Gasteiger partial charge in [0, 0.05) is 19.2 Å². The van der Waals surface area contributed by atoms with Gasteiger partial charge in [0.25, 0.3) is 0 Å². The lowest BCUT2D eigenvalue weighted by atomic mass is 10.2. The van der Waals surface area contributed by atoms with Gasteiger partial charge in [0.1, 0.15) is 5.82 Å². The van der Waals surface area contributed by atoms with E-state index in [4.69, 9.17) is 5.73 Å². The molecule has 0 atom stereocenters. The zero-order valence-corrected chi connectivity index (χ0v) is 10.6. The standard InChI is InChI=1S/C11H15BrFN3/c12-8-6-11(10(14)7-9(8)13)15-16-4-2-1-3-5-16/h6-7,15H,1-5,14H2. The molecule has 88 valence electrons. The fourth-order valence-corrected chi connectivity index (χ4v) is 2.18. The molecule has 5 heteroatoms. The van der Waals surface area contributed by atoms with E-state index in [-0.39, 0.29) is 5.82 Å². The van der Waals surface area contributed by atoms with Gasteiger partial charge < -0.3 is 11.2 Å². The van der Waals surface area contributed by atoms with Gasteiger partial charge in [0.15, 0.2) is 0 Å². The summed E-state index contributed by atoms with van der Waals surface area (Å²) in [7, 11) is 0. The molecule has 0 saturated carbocycles. The van der Waals surface area contributed by atoms with Crippen LogP contribution in [0.15, 0.2) is 16.6 Å². The van der Waals surface area contributed by atoms with Crippen LogP contribution in [0.2, 0.25) is 0 Å². The first-order valence-electron chi connectivity index (χ1n) is 5.43. The number of nitrogens with one attached hydrogen (secondary N) is 1. The normalized spacial score (nSPS) is 17.4. The van der Waals surface area contributed by atoms with Gasteiger partial charge in [-0.25, -0.2) is 9.40 Å². The number of anilines is 2. The highest BCUT2D eigenvalue weighted by atomic mass is 79.9. The summed E-state index contributed by atoms with van der Waals surface area (Å²) < 4.78 is 13.6. The lowest BCUT2D eigenvalue weighted by Crippen LogP contribution is -2.35. The molecule has 3 N–H and O–H groups in total. The van der Waals surface area contributed by atoms with Gasteiger partial charge in [-0.1, -0.05) is 6.42 Å². The van der Waals surface area contributed by atoms with E-state index in [9.17, 15) is 4.39 Å². The van der Waals surface area contributed by atoms with Crippen LogP contribution in [0.3, 0.4) is 0 Å². The van der Waals surface area contributed by atoms with Crippen molar-refractivity contribution >= 4 is 27.3 Å². The summed E-state index contributed by atoms with van der Waals surface area (Å²) in [6.07, 6.45) is 3.66. The first-order valence-corrected chi connectivity index (χ1v) is 6.22. The van der Waals surface area contributed by atoms with Crippen molar-refractivity contribution < 1.29 is 4.39 Å². The maximum atomic E-state index is 13.2. The van der Waals surface area contributed by atoms with E-state index in [1.54, 1.807) is 6.07 Å². The lowest BCUT2D eigenvalue weighted by Gasteiger charge is -2.28. The summed E-state index contributed by atoms with van der Waals surface area (Å²) >= 11 is 3.16. The van der Waals surface area contributed by atoms with Crippen LogP contribution in [-0.2, 0) is 0 Å². The van der Waals surface area contributed by atoms with Crippen molar-refractivity contribution in [1.82, 2.24) is 5.01 Å². The summed E-state index contributed by atoms with van der Waals surface area (Å²) in [4.78, 5) is 0. The van der Waals surface area contributed by atoms with E-state index in [2.05, 4.69) is 26.4 Å². The number of nitrogen functional groups attached to an aromatic ring is 1. The van der Waals surface area contributed by atoms with Crippen molar-refractivity contribution in [3.63, 3.8) is 0 Å². The zero-order valence-electron chi connectivity index (χ0n) is 8.97. The van der Waals surface area contributed by atoms with Crippen LogP contribution in [0.5, 0.6) is 0 Å². The minimum atomic E-state index is -0.332. The first kappa shape index (κ1) is 11.7. The molecule has 1 saturated heterocycles. The van der Waals surface area contributed by atoms with Gasteiger partial charge in [-0.3, -0.25) is 0 Å². The number of benzene rings is 1. The summed E-state index contributed by atoms with van der Waals surface area (Å²) in [6.45, 7) is 2.02. The van der Waals surface area contributed by atoms with E-state index in [0.29, 0.717) is 10.2 Å². The Bertz CT molecular complexity index is 378. The average molecular weight is 288 g/mol. The highest BCUT2D eigenvalue weighted by Crippen LogP contribution is 2.27. The van der Waals surface area contributed by atoms with E-state index in [1.807, 2.05) is 0 Å². The zero-order chi connectivity index (χ0) is 11.5. The summed E-state index contributed by atoms with van der Waals surface area (Å²) in [5.74, 6) is -0.332. The number of hydrogen-bond acceptors (Lipinski definition) is 3. The second kappa shape index (κ2) is 5.01. The Balaban J connectivity index is 2.11. The quantitative estimate of drug-likeness (QED) is 0.822. The van der Waals surface area contributed by atoms with Gasteiger partial charge in [0.05, 0.1) is 15.8 Å². The van der Waals surface area contributed by atoms with E-state index in [0.717, 1.165) is 18.8 Å². The molecule has 0 aliphatic carbocycles. The molecule has 0 spiro atoms. The fourth-order valence-electron chi connectivity index (χ4n) is 1.84. The third-order valence-electron chi connectivity index (χ3n) is 2.73. The van der Waals surface area contributed by atoms with Crippen LogP contribution in [-0.4, -0.2) is 18.1 Å². The topological polar surface area (TPSA) is 41.3 Å².